The van der Waals surface area contributed by atoms with E-state index in [0.29, 0.717) is 11.7 Å². The topological polar surface area (TPSA) is 55.8 Å². The fourth-order valence-corrected chi connectivity index (χ4v) is 2.94. The molecule has 1 aromatic rings. The molecule has 0 radical (unpaired) electrons. The Bertz CT molecular complexity index is 491. The van der Waals surface area contributed by atoms with E-state index in [0.717, 1.165) is 36.1 Å². The molecule has 0 heterocycles. The van der Waals surface area contributed by atoms with Crippen LogP contribution in [0.25, 0.3) is 0 Å². The number of rotatable bonds is 7. The zero-order chi connectivity index (χ0) is 14.7. The molecule has 1 N–H and O–H groups in total. The van der Waals surface area contributed by atoms with Crippen molar-refractivity contribution >= 4 is 5.97 Å². The lowest BCUT2D eigenvalue weighted by Crippen LogP contribution is -2.11. The molecule has 0 aromatic heterocycles. The van der Waals surface area contributed by atoms with E-state index in [1.54, 1.807) is 14.2 Å². The Kier molecular flexibility index (Phi) is 4.53. The van der Waals surface area contributed by atoms with Crippen LogP contribution in [0, 0.1) is 5.92 Å². The van der Waals surface area contributed by atoms with Gasteiger partial charge in [0.25, 0.3) is 0 Å². The van der Waals surface area contributed by atoms with Gasteiger partial charge in [0.05, 0.1) is 20.6 Å². The van der Waals surface area contributed by atoms with Crippen molar-refractivity contribution in [3.05, 3.63) is 23.3 Å². The van der Waals surface area contributed by atoms with Gasteiger partial charge in [0.1, 0.15) is 0 Å². The molecule has 1 saturated carbocycles. The second-order valence-electron chi connectivity index (χ2n) is 5.26. The van der Waals surface area contributed by atoms with Crippen molar-refractivity contribution < 1.29 is 19.4 Å². The summed E-state index contributed by atoms with van der Waals surface area (Å²) in [5.41, 5.74) is 2.18. The van der Waals surface area contributed by atoms with Crippen LogP contribution in [0.5, 0.6) is 11.5 Å². The minimum Gasteiger partial charge on any atom is -0.493 e. The fourth-order valence-electron chi connectivity index (χ4n) is 2.94. The molecule has 0 amide bonds. The van der Waals surface area contributed by atoms with E-state index in [-0.39, 0.29) is 12.3 Å². The van der Waals surface area contributed by atoms with E-state index in [1.165, 1.54) is 0 Å². The number of carboxylic acid groups (broad SMARTS) is 1. The molecule has 4 nitrogen and oxygen atoms in total. The van der Waals surface area contributed by atoms with Crippen molar-refractivity contribution in [2.75, 3.05) is 14.2 Å². The summed E-state index contributed by atoms with van der Waals surface area (Å²) in [7, 11) is 3.25. The zero-order valence-corrected chi connectivity index (χ0v) is 12.3. The van der Waals surface area contributed by atoms with Gasteiger partial charge in [0, 0.05) is 5.56 Å². The lowest BCUT2D eigenvalue weighted by atomic mass is 9.86. The number of methoxy groups -OCH3 is 2. The average Bonchev–Trinajstić information content (AvgIpc) is 3.27. The van der Waals surface area contributed by atoms with Crippen molar-refractivity contribution in [3.8, 4) is 11.5 Å². The van der Waals surface area contributed by atoms with Gasteiger partial charge in [-0.05, 0) is 42.7 Å². The maximum absolute atomic E-state index is 11.1. The van der Waals surface area contributed by atoms with Gasteiger partial charge in [-0.1, -0.05) is 13.0 Å². The van der Waals surface area contributed by atoms with Gasteiger partial charge in [-0.25, -0.2) is 0 Å². The van der Waals surface area contributed by atoms with Crippen molar-refractivity contribution in [2.24, 2.45) is 5.92 Å². The second kappa shape index (κ2) is 6.16. The highest BCUT2D eigenvalue weighted by Crippen LogP contribution is 2.48. The van der Waals surface area contributed by atoms with Crippen LogP contribution < -0.4 is 9.47 Å². The summed E-state index contributed by atoms with van der Waals surface area (Å²) in [5.74, 6) is 1.29. The third-order valence-corrected chi connectivity index (χ3v) is 4.02. The first-order valence-electron chi connectivity index (χ1n) is 7.07. The second-order valence-corrected chi connectivity index (χ2v) is 5.26. The molecule has 1 aliphatic carbocycles. The molecular weight excluding hydrogens is 256 g/mol. The van der Waals surface area contributed by atoms with E-state index < -0.39 is 5.97 Å². The highest BCUT2D eigenvalue weighted by molar-refractivity contribution is 5.68. The molecule has 1 unspecified atom stereocenters. The molecule has 1 aliphatic rings. The first-order valence-corrected chi connectivity index (χ1v) is 7.07. The molecule has 20 heavy (non-hydrogen) atoms. The van der Waals surface area contributed by atoms with Crippen LogP contribution in [0.1, 0.15) is 43.2 Å². The number of aliphatic carboxylic acids is 1. The SMILES string of the molecule is CCc1c(C(CC(=O)O)C2CC2)ccc(OC)c1OC. The van der Waals surface area contributed by atoms with E-state index in [9.17, 15) is 4.79 Å². The average molecular weight is 278 g/mol. The normalized spacial score (nSPS) is 15.8. The third-order valence-electron chi connectivity index (χ3n) is 4.02. The Morgan fingerprint density at radius 3 is 2.50 bits per heavy atom. The van der Waals surface area contributed by atoms with Gasteiger partial charge in [-0.2, -0.15) is 0 Å². The van der Waals surface area contributed by atoms with Gasteiger partial charge in [-0.3, -0.25) is 4.79 Å². The summed E-state index contributed by atoms with van der Waals surface area (Å²) in [6.45, 7) is 2.06. The molecule has 0 aliphatic heterocycles. The third kappa shape index (κ3) is 2.89. The maximum Gasteiger partial charge on any atom is 0.303 e. The summed E-state index contributed by atoms with van der Waals surface area (Å²) < 4.78 is 10.8. The Labute approximate surface area is 119 Å². The van der Waals surface area contributed by atoms with Crippen molar-refractivity contribution in [1.82, 2.24) is 0 Å². The Balaban J connectivity index is 2.45. The summed E-state index contributed by atoms with van der Waals surface area (Å²) in [6, 6.07) is 3.89. The number of carbonyl (C=O) groups is 1. The van der Waals surface area contributed by atoms with Crippen LogP contribution in [0.4, 0.5) is 0 Å². The molecule has 1 fully saturated rings. The van der Waals surface area contributed by atoms with Crippen molar-refractivity contribution in [1.29, 1.82) is 0 Å². The monoisotopic (exact) mass is 278 g/mol. The molecule has 0 spiro atoms. The first kappa shape index (κ1) is 14.7. The van der Waals surface area contributed by atoms with Crippen LogP contribution in [-0.4, -0.2) is 25.3 Å². The Morgan fingerprint density at radius 2 is 2.05 bits per heavy atom. The number of hydrogen-bond donors (Lipinski definition) is 1. The van der Waals surface area contributed by atoms with Gasteiger partial charge in [0.2, 0.25) is 0 Å². The largest absolute Gasteiger partial charge is 0.493 e. The van der Waals surface area contributed by atoms with E-state index in [4.69, 9.17) is 14.6 Å². The van der Waals surface area contributed by atoms with Crippen LogP contribution in [0.2, 0.25) is 0 Å². The zero-order valence-electron chi connectivity index (χ0n) is 12.3. The van der Waals surface area contributed by atoms with Crippen LogP contribution in [0.15, 0.2) is 12.1 Å². The van der Waals surface area contributed by atoms with Gasteiger partial charge < -0.3 is 14.6 Å². The Hall–Kier alpha value is -1.71. The van der Waals surface area contributed by atoms with Crippen molar-refractivity contribution in [2.45, 2.75) is 38.5 Å². The molecule has 0 bridgehead atoms. The first-order chi connectivity index (χ1) is 9.62. The predicted molar refractivity (Wildman–Crippen MR) is 76.6 cm³/mol. The molecule has 0 saturated heterocycles. The summed E-state index contributed by atoms with van der Waals surface area (Å²) >= 11 is 0. The lowest BCUT2D eigenvalue weighted by Gasteiger charge is -2.21. The highest BCUT2D eigenvalue weighted by atomic mass is 16.5. The quantitative estimate of drug-likeness (QED) is 0.832. The number of benzene rings is 1. The molecular formula is C16H22O4. The minimum atomic E-state index is -0.737. The highest BCUT2D eigenvalue weighted by Gasteiger charge is 2.35. The van der Waals surface area contributed by atoms with Crippen LogP contribution in [-0.2, 0) is 11.2 Å². The van der Waals surface area contributed by atoms with E-state index in [1.807, 2.05) is 12.1 Å². The van der Waals surface area contributed by atoms with Crippen LogP contribution in [0.3, 0.4) is 0 Å². The van der Waals surface area contributed by atoms with Crippen LogP contribution >= 0.6 is 0 Å². The van der Waals surface area contributed by atoms with Gasteiger partial charge in [-0.15, -0.1) is 0 Å². The fraction of sp³-hybridized carbons (Fsp3) is 0.562. The molecule has 4 heteroatoms. The number of ether oxygens (including phenoxy) is 2. The smallest absolute Gasteiger partial charge is 0.303 e. The minimum absolute atomic E-state index is 0.0854. The van der Waals surface area contributed by atoms with Gasteiger partial charge in [0.15, 0.2) is 11.5 Å². The standard InChI is InChI=1S/C16H22O4/c1-4-11-12(7-8-14(19-2)16(11)20-3)13(9-15(17)18)10-5-6-10/h7-8,10,13H,4-6,9H2,1-3H3,(H,17,18). The maximum atomic E-state index is 11.1. The van der Waals surface area contributed by atoms with E-state index >= 15 is 0 Å². The molecule has 1 aromatic carbocycles. The lowest BCUT2D eigenvalue weighted by molar-refractivity contribution is -0.137. The summed E-state index contributed by atoms with van der Waals surface area (Å²) in [6.07, 6.45) is 3.23. The molecule has 1 atom stereocenters. The summed E-state index contributed by atoms with van der Waals surface area (Å²) in [4.78, 5) is 11.1. The number of carboxylic acids is 1. The molecule has 110 valence electrons. The van der Waals surface area contributed by atoms with Crippen molar-refractivity contribution in [3.63, 3.8) is 0 Å². The van der Waals surface area contributed by atoms with E-state index in [2.05, 4.69) is 6.92 Å². The summed E-state index contributed by atoms with van der Waals surface area (Å²) in [5, 5.41) is 9.16. The van der Waals surface area contributed by atoms with Gasteiger partial charge >= 0.3 is 5.97 Å². The Morgan fingerprint density at radius 1 is 1.35 bits per heavy atom. The predicted octanol–water partition coefficient (Wildman–Crippen LogP) is 3.23. The number of hydrogen-bond acceptors (Lipinski definition) is 3. The molecule has 2 rings (SSSR count).